The number of aliphatic carboxylic acids is 1. The van der Waals surface area contributed by atoms with Gasteiger partial charge in [-0.3, -0.25) is 0 Å². The van der Waals surface area contributed by atoms with Crippen LogP contribution in [0.25, 0.3) is 0 Å². The van der Waals surface area contributed by atoms with Crippen molar-refractivity contribution in [2.75, 3.05) is 0 Å². The van der Waals surface area contributed by atoms with Crippen molar-refractivity contribution in [3.05, 3.63) is 52.3 Å². The van der Waals surface area contributed by atoms with Gasteiger partial charge in [-0.05, 0) is 12.5 Å². The molecular formula is C13H10ClF3N2O2. The molecule has 0 bridgehead atoms. The van der Waals surface area contributed by atoms with E-state index >= 15 is 0 Å². The maximum absolute atomic E-state index is 12.8. The Morgan fingerprint density at radius 2 is 1.90 bits per heavy atom. The van der Waals surface area contributed by atoms with Crippen LogP contribution >= 0.6 is 11.6 Å². The van der Waals surface area contributed by atoms with Crippen LogP contribution in [0.1, 0.15) is 23.0 Å². The zero-order valence-electron chi connectivity index (χ0n) is 10.7. The van der Waals surface area contributed by atoms with E-state index < -0.39 is 28.9 Å². The number of nitrogens with zero attached hydrogens (tertiary/aromatic N) is 2. The molecule has 1 aromatic carbocycles. The first-order chi connectivity index (χ1) is 9.73. The van der Waals surface area contributed by atoms with Crippen molar-refractivity contribution in [3.8, 4) is 0 Å². The molecule has 1 heterocycles. The summed E-state index contributed by atoms with van der Waals surface area (Å²) >= 11 is 5.64. The zero-order valence-corrected chi connectivity index (χ0v) is 11.5. The predicted octanol–water partition coefficient (Wildman–Crippen LogP) is 3.54. The van der Waals surface area contributed by atoms with Gasteiger partial charge >= 0.3 is 12.1 Å². The molecule has 0 aliphatic heterocycles. The number of hydrogen-bond acceptors (Lipinski definition) is 2. The highest BCUT2D eigenvalue weighted by atomic mass is 35.5. The molecule has 0 aliphatic rings. The van der Waals surface area contributed by atoms with Crippen molar-refractivity contribution >= 4 is 17.6 Å². The van der Waals surface area contributed by atoms with Crippen molar-refractivity contribution < 1.29 is 23.1 Å². The molecule has 2 aromatic rings. The third kappa shape index (κ3) is 2.87. The molecule has 112 valence electrons. The van der Waals surface area contributed by atoms with Crippen LogP contribution in [0.2, 0.25) is 5.02 Å². The van der Waals surface area contributed by atoms with Crippen LogP contribution in [0.5, 0.6) is 0 Å². The van der Waals surface area contributed by atoms with E-state index in [1.54, 1.807) is 18.2 Å². The molecule has 1 unspecified atom stereocenters. The van der Waals surface area contributed by atoms with E-state index in [0.717, 1.165) is 4.68 Å². The van der Waals surface area contributed by atoms with E-state index in [4.69, 9.17) is 11.6 Å². The van der Waals surface area contributed by atoms with Gasteiger partial charge < -0.3 is 5.11 Å². The third-order valence-electron chi connectivity index (χ3n) is 2.94. The summed E-state index contributed by atoms with van der Waals surface area (Å²) in [5.74, 6) is -1.32. The molecule has 0 radical (unpaired) electrons. The summed E-state index contributed by atoms with van der Waals surface area (Å²) in [6.45, 7) is 1.30. The molecule has 1 aromatic heterocycles. The van der Waals surface area contributed by atoms with Gasteiger partial charge in [0.1, 0.15) is 0 Å². The third-order valence-corrected chi connectivity index (χ3v) is 3.39. The van der Waals surface area contributed by atoms with Gasteiger partial charge in [0.2, 0.25) is 0 Å². The van der Waals surface area contributed by atoms with Gasteiger partial charge in [-0.1, -0.05) is 41.9 Å². The number of rotatable bonds is 3. The Morgan fingerprint density at radius 1 is 1.33 bits per heavy atom. The molecule has 0 fully saturated rings. The smallest absolute Gasteiger partial charge is 0.436 e. The fraction of sp³-hybridized carbons (Fsp3) is 0.231. The van der Waals surface area contributed by atoms with Crippen LogP contribution in [0.3, 0.4) is 0 Å². The van der Waals surface area contributed by atoms with Gasteiger partial charge in [-0.25, -0.2) is 9.48 Å². The van der Waals surface area contributed by atoms with Crippen LogP contribution in [0.15, 0.2) is 30.3 Å². The monoisotopic (exact) mass is 318 g/mol. The lowest BCUT2D eigenvalue weighted by Gasteiger charge is -2.15. The minimum atomic E-state index is -4.74. The summed E-state index contributed by atoms with van der Waals surface area (Å²) in [6.07, 6.45) is -4.74. The summed E-state index contributed by atoms with van der Waals surface area (Å²) in [6, 6.07) is 6.49. The van der Waals surface area contributed by atoms with Gasteiger partial charge in [0.25, 0.3) is 0 Å². The summed E-state index contributed by atoms with van der Waals surface area (Å²) in [5, 5.41) is 12.1. The van der Waals surface area contributed by atoms with E-state index in [-0.39, 0.29) is 5.69 Å². The Hall–Kier alpha value is -2.02. The van der Waals surface area contributed by atoms with E-state index in [0.29, 0.717) is 5.56 Å². The maximum Gasteiger partial charge on any atom is 0.436 e. The normalized spacial score (nSPS) is 13.2. The standard InChI is InChI=1S/C13H10ClF3N2O2/c1-7-9(14)11(13(15,16)17)18-19(7)10(12(20)21)8-5-3-2-4-6-8/h2-6,10H,1H3,(H,20,21). The quantitative estimate of drug-likeness (QED) is 0.941. The Balaban J connectivity index is 2.61. The number of halogens is 4. The van der Waals surface area contributed by atoms with Gasteiger partial charge in [-0.2, -0.15) is 18.3 Å². The second-order valence-corrected chi connectivity index (χ2v) is 4.72. The number of carboxylic acid groups (broad SMARTS) is 1. The van der Waals surface area contributed by atoms with Crippen LogP contribution in [0.4, 0.5) is 13.2 Å². The van der Waals surface area contributed by atoms with Crippen molar-refractivity contribution in [1.29, 1.82) is 0 Å². The summed E-state index contributed by atoms with van der Waals surface area (Å²) in [4.78, 5) is 11.4. The fourth-order valence-electron chi connectivity index (χ4n) is 1.95. The zero-order chi connectivity index (χ0) is 15.8. The molecule has 8 heteroatoms. The topological polar surface area (TPSA) is 55.1 Å². The van der Waals surface area contributed by atoms with Gasteiger partial charge in [-0.15, -0.1) is 0 Å². The number of hydrogen-bond donors (Lipinski definition) is 1. The molecule has 0 amide bonds. The Kier molecular flexibility index (Phi) is 3.95. The molecule has 21 heavy (non-hydrogen) atoms. The lowest BCUT2D eigenvalue weighted by atomic mass is 10.1. The molecule has 2 rings (SSSR count). The molecule has 0 spiro atoms. The molecule has 0 saturated heterocycles. The molecule has 1 atom stereocenters. The average Bonchev–Trinajstić information content (AvgIpc) is 2.68. The number of benzene rings is 1. The first-order valence-corrected chi connectivity index (χ1v) is 6.21. The molecule has 0 aliphatic carbocycles. The number of carbonyl (C=O) groups is 1. The largest absolute Gasteiger partial charge is 0.479 e. The lowest BCUT2D eigenvalue weighted by Crippen LogP contribution is -2.23. The highest BCUT2D eigenvalue weighted by molar-refractivity contribution is 6.32. The second-order valence-electron chi connectivity index (χ2n) is 4.34. The van der Waals surface area contributed by atoms with Crippen molar-refractivity contribution in [2.45, 2.75) is 19.1 Å². The van der Waals surface area contributed by atoms with E-state index in [1.807, 2.05) is 0 Å². The number of aromatic nitrogens is 2. The van der Waals surface area contributed by atoms with Gasteiger partial charge in [0, 0.05) is 0 Å². The minimum absolute atomic E-state index is 0.0553. The van der Waals surface area contributed by atoms with E-state index in [1.165, 1.54) is 19.1 Å². The Bertz CT molecular complexity index is 668. The maximum atomic E-state index is 12.8. The highest BCUT2D eigenvalue weighted by Crippen LogP contribution is 2.37. The Morgan fingerprint density at radius 3 is 2.33 bits per heavy atom. The molecule has 0 saturated carbocycles. The van der Waals surface area contributed by atoms with Crippen LogP contribution in [-0.4, -0.2) is 20.9 Å². The lowest BCUT2D eigenvalue weighted by molar-refractivity contribution is -0.144. The van der Waals surface area contributed by atoms with Crippen molar-refractivity contribution in [1.82, 2.24) is 9.78 Å². The van der Waals surface area contributed by atoms with E-state index in [9.17, 15) is 23.1 Å². The number of alkyl halides is 3. The van der Waals surface area contributed by atoms with Gasteiger partial charge in [0.05, 0.1) is 10.7 Å². The highest BCUT2D eigenvalue weighted by Gasteiger charge is 2.40. The summed E-state index contributed by atoms with van der Waals surface area (Å²) in [7, 11) is 0. The van der Waals surface area contributed by atoms with Crippen LogP contribution in [-0.2, 0) is 11.0 Å². The Labute approximate surface area is 122 Å². The number of carboxylic acids is 1. The minimum Gasteiger partial charge on any atom is -0.479 e. The van der Waals surface area contributed by atoms with Gasteiger partial charge in [0.15, 0.2) is 11.7 Å². The second kappa shape index (κ2) is 5.40. The summed E-state index contributed by atoms with van der Waals surface area (Å²) in [5.41, 5.74) is -1.04. The molecule has 1 N–H and O–H groups in total. The SMILES string of the molecule is Cc1c(Cl)c(C(F)(F)F)nn1C(C(=O)O)c1ccccc1. The van der Waals surface area contributed by atoms with E-state index in [2.05, 4.69) is 5.10 Å². The van der Waals surface area contributed by atoms with Crippen molar-refractivity contribution in [2.24, 2.45) is 0 Å². The average molecular weight is 319 g/mol. The van der Waals surface area contributed by atoms with Crippen LogP contribution < -0.4 is 0 Å². The molecular weight excluding hydrogens is 309 g/mol. The van der Waals surface area contributed by atoms with Crippen LogP contribution in [0, 0.1) is 6.92 Å². The predicted molar refractivity (Wildman–Crippen MR) is 69.2 cm³/mol. The summed E-state index contributed by atoms with van der Waals surface area (Å²) < 4.78 is 39.2. The fourth-order valence-corrected chi connectivity index (χ4v) is 2.19. The first kappa shape index (κ1) is 15.4. The molecule has 4 nitrogen and oxygen atoms in total. The first-order valence-electron chi connectivity index (χ1n) is 5.83. The van der Waals surface area contributed by atoms with Crippen molar-refractivity contribution in [3.63, 3.8) is 0 Å².